The summed E-state index contributed by atoms with van der Waals surface area (Å²) in [7, 11) is 0. The molecule has 0 saturated heterocycles. The van der Waals surface area contributed by atoms with Gasteiger partial charge in [-0.3, -0.25) is 0 Å². The summed E-state index contributed by atoms with van der Waals surface area (Å²) in [6, 6.07) is 8.33. The van der Waals surface area contributed by atoms with Gasteiger partial charge >= 0.3 is 0 Å². The number of nitrogens with one attached hydrogen (secondary N) is 1. The number of rotatable bonds is 3. The summed E-state index contributed by atoms with van der Waals surface area (Å²) >= 11 is 0. The van der Waals surface area contributed by atoms with E-state index >= 15 is 0 Å². The van der Waals surface area contributed by atoms with Crippen LogP contribution in [0.1, 0.15) is 18.2 Å². The van der Waals surface area contributed by atoms with Gasteiger partial charge in [-0.15, -0.1) is 0 Å². The minimum atomic E-state index is 0.701. The topological polar surface area (TPSA) is 25.0 Å². The molecule has 14 heavy (non-hydrogen) atoms. The van der Waals surface area contributed by atoms with Gasteiger partial charge in [-0.2, -0.15) is 0 Å². The second-order valence-electron chi connectivity index (χ2n) is 3.41. The molecule has 0 fully saturated rings. The van der Waals surface area contributed by atoms with Crippen molar-refractivity contribution in [2.75, 3.05) is 6.61 Å². The van der Waals surface area contributed by atoms with Gasteiger partial charge in [0.2, 0.25) is 0 Å². The van der Waals surface area contributed by atoms with E-state index in [9.17, 15) is 0 Å². The molecule has 0 aliphatic carbocycles. The predicted octanol–water partition coefficient (Wildman–Crippen LogP) is 3.01. The van der Waals surface area contributed by atoms with Crippen LogP contribution < -0.4 is 0 Å². The largest absolute Gasteiger partial charge is 0.377 e. The monoisotopic (exact) mass is 189 g/mol. The van der Waals surface area contributed by atoms with Crippen LogP contribution in [0.3, 0.4) is 0 Å². The van der Waals surface area contributed by atoms with Crippen LogP contribution in [-0.4, -0.2) is 11.6 Å². The fourth-order valence-corrected chi connectivity index (χ4v) is 1.72. The number of hydrogen-bond donors (Lipinski definition) is 1. The van der Waals surface area contributed by atoms with Gasteiger partial charge < -0.3 is 9.72 Å². The van der Waals surface area contributed by atoms with Gasteiger partial charge in [0.05, 0.1) is 6.61 Å². The molecule has 2 aromatic rings. The predicted molar refractivity (Wildman–Crippen MR) is 58.4 cm³/mol. The molecule has 74 valence electrons. The average Bonchev–Trinajstić information content (AvgIpc) is 2.51. The summed E-state index contributed by atoms with van der Waals surface area (Å²) in [6.07, 6.45) is 0. The first kappa shape index (κ1) is 9.28. The van der Waals surface area contributed by atoms with Crippen molar-refractivity contribution in [2.24, 2.45) is 0 Å². The van der Waals surface area contributed by atoms with E-state index in [1.165, 1.54) is 22.2 Å². The molecule has 0 saturated carbocycles. The Balaban J connectivity index is 2.45. The number of hydrogen-bond acceptors (Lipinski definition) is 1. The van der Waals surface area contributed by atoms with Crippen LogP contribution in [0.5, 0.6) is 0 Å². The van der Waals surface area contributed by atoms with Gasteiger partial charge in [0, 0.05) is 28.8 Å². The third-order valence-corrected chi connectivity index (χ3v) is 2.48. The lowest BCUT2D eigenvalue weighted by molar-refractivity contribution is 0.134. The number of para-hydroxylation sites is 1. The number of H-pyrrole nitrogens is 1. The second-order valence-corrected chi connectivity index (χ2v) is 3.41. The van der Waals surface area contributed by atoms with Crippen molar-refractivity contribution in [1.82, 2.24) is 4.98 Å². The molecule has 0 bridgehead atoms. The number of benzene rings is 1. The van der Waals surface area contributed by atoms with Crippen molar-refractivity contribution in [1.29, 1.82) is 0 Å². The number of fused-ring (bicyclic) bond motifs is 1. The number of aryl methyl sites for hydroxylation is 1. The summed E-state index contributed by atoms with van der Waals surface area (Å²) in [4.78, 5) is 3.36. The third-order valence-electron chi connectivity index (χ3n) is 2.48. The van der Waals surface area contributed by atoms with Crippen molar-refractivity contribution in [3.63, 3.8) is 0 Å². The van der Waals surface area contributed by atoms with Crippen molar-refractivity contribution in [3.8, 4) is 0 Å². The van der Waals surface area contributed by atoms with Gasteiger partial charge in [0.15, 0.2) is 0 Å². The van der Waals surface area contributed by atoms with Crippen molar-refractivity contribution in [3.05, 3.63) is 35.5 Å². The van der Waals surface area contributed by atoms with Crippen LogP contribution in [-0.2, 0) is 11.3 Å². The summed E-state index contributed by atoms with van der Waals surface area (Å²) in [6.45, 7) is 5.57. The van der Waals surface area contributed by atoms with Crippen molar-refractivity contribution >= 4 is 10.9 Å². The van der Waals surface area contributed by atoms with Gasteiger partial charge in [0.25, 0.3) is 0 Å². The molecule has 2 nitrogen and oxygen atoms in total. The van der Waals surface area contributed by atoms with Crippen molar-refractivity contribution < 1.29 is 4.74 Å². The lowest BCUT2D eigenvalue weighted by Gasteiger charge is -2.00. The molecule has 1 heterocycles. The van der Waals surface area contributed by atoms with E-state index in [0.717, 1.165) is 6.61 Å². The highest BCUT2D eigenvalue weighted by atomic mass is 16.5. The van der Waals surface area contributed by atoms with Crippen molar-refractivity contribution in [2.45, 2.75) is 20.5 Å². The molecule has 0 aliphatic rings. The standard InChI is InChI=1S/C12H15NO/c1-3-14-8-11-9(2)13-12-7-5-4-6-10(11)12/h4-7,13H,3,8H2,1-2H3. The highest BCUT2D eigenvalue weighted by Crippen LogP contribution is 2.22. The Hall–Kier alpha value is -1.28. The van der Waals surface area contributed by atoms with E-state index in [1.807, 2.05) is 13.0 Å². The normalized spacial score (nSPS) is 11.0. The van der Waals surface area contributed by atoms with Crippen LogP contribution in [0.15, 0.2) is 24.3 Å². The molecule has 1 N–H and O–H groups in total. The first-order chi connectivity index (χ1) is 6.83. The van der Waals surface area contributed by atoms with E-state index < -0.39 is 0 Å². The number of aromatic amines is 1. The van der Waals surface area contributed by atoms with E-state index in [0.29, 0.717) is 6.61 Å². The van der Waals surface area contributed by atoms with Crippen LogP contribution in [0, 0.1) is 6.92 Å². The Labute approximate surface area is 83.9 Å². The Morgan fingerprint density at radius 1 is 1.29 bits per heavy atom. The third kappa shape index (κ3) is 1.53. The maximum absolute atomic E-state index is 5.45. The second kappa shape index (κ2) is 3.84. The number of ether oxygens (including phenoxy) is 1. The minimum Gasteiger partial charge on any atom is -0.377 e. The molecule has 2 heteroatoms. The summed E-state index contributed by atoms with van der Waals surface area (Å²) in [5.74, 6) is 0. The van der Waals surface area contributed by atoms with Crippen LogP contribution in [0.4, 0.5) is 0 Å². The summed E-state index contributed by atoms with van der Waals surface area (Å²) in [5.41, 5.74) is 3.68. The Morgan fingerprint density at radius 2 is 2.07 bits per heavy atom. The van der Waals surface area contributed by atoms with E-state index in [4.69, 9.17) is 4.74 Å². The van der Waals surface area contributed by atoms with E-state index in [1.54, 1.807) is 0 Å². The molecule has 0 aliphatic heterocycles. The Bertz CT molecular complexity index is 431. The Kier molecular flexibility index (Phi) is 2.55. The fraction of sp³-hybridized carbons (Fsp3) is 0.333. The highest BCUT2D eigenvalue weighted by molar-refractivity contribution is 5.84. The molecule has 1 aromatic heterocycles. The highest BCUT2D eigenvalue weighted by Gasteiger charge is 2.06. The molecule has 0 unspecified atom stereocenters. The molecule has 0 atom stereocenters. The molecule has 2 rings (SSSR count). The molecule has 0 amide bonds. The smallest absolute Gasteiger partial charge is 0.0740 e. The fourth-order valence-electron chi connectivity index (χ4n) is 1.72. The summed E-state index contributed by atoms with van der Waals surface area (Å²) in [5, 5.41) is 1.28. The SMILES string of the molecule is CCOCc1c(C)[nH]c2ccccc12. The van der Waals surface area contributed by atoms with Gasteiger partial charge in [-0.1, -0.05) is 18.2 Å². The molecule has 0 radical (unpaired) electrons. The van der Waals surface area contributed by atoms with E-state index in [2.05, 4.69) is 30.1 Å². The van der Waals surface area contributed by atoms with Crippen LogP contribution in [0.2, 0.25) is 0 Å². The maximum atomic E-state index is 5.45. The minimum absolute atomic E-state index is 0.701. The van der Waals surface area contributed by atoms with Gasteiger partial charge in [-0.25, -0.2) is 0 Å². The molecular formula is C12H15NO. The zero-order chi connectivity index (χ0) is 9.97. The molecular weight excluding hydrogens is 174 g/mol. The first-order valence-corrected chi connectivity index (χ1v) is 4.97. The maximum Gasteiger partial charge on any atom is 0.0740 e. The number of aromatic nitrogens is 1. The zero-order valence-electron chi connectivity index (χ0n) is 8.63. The lowest BCUT2D eigenvalue weighted by Crippen LogP contribution is -1.92. The summed E-state index contributed by atoms with van der Waals surface area (Å²) < 4.78 is 5.45. The quantitative estimate of drug-likeness (QED) is 0.788. The van der Waals surface area contributed by atoms with Gasteiger partial charge in [-0.05, 0) is 19.9 Å². The van der Waals surface area contributed by atoms with Gasteiger partial charge in [0.1, 0.15) is 0 Å². The first-order valence-electron chi connectivity index (χ1n) is 4.97. The van der Waals surface area contributed by atoms with Crippen LogP contribution in [0.25, 0.3) is 10.9 Å². The molecule has 1 aromatic carbocycles. The zero-order valence-corrected chi connectivity index (χ0v) is 8.63. The lowest BCUT2D eigenvalue weighted by atomic mass is 10.1. The average molecular weight is 189 g/mol. The Morgan fingerprint density at radius 3 is 2.86 bits per heavy atom. The van der Waals surface area contributed by atoms with Crippen LogP contribution >= 0.6 is 0 Å². The molecule has 0 spiro atoms. The van der Waals surface area contributed by atoms with E-state index in [-0.39, 0.29) is 0 Å².